The Morgan fingerprint density at radius 1 is 0.950 bits per heavy atom. The van der Waals surface area contributed by atoms with Gasteiger partial charge in [0.05, 0.1) is 10.5 Å². The molecule has 100 valence electrons. The molecule has 5 nitrogen and oxygen atoms in total. The summed E-state index contributed by atoms with van der Waals surface area (Å²) in [4.78, 5) is 11.4. The maximum absolute atomic E-state index is 11.7. The molecule has 0 spiro atoms. The first-order chi connectivity index (χ1) is 8.97. The number of esters is 1. The number of carbonyl (C=O) groups excluding carboxylic acids is 1. The van der Waals surface area contributed by atoms with Crippen LogP contribution in [0.25, 0.3) is 0 Å². The fourth-order valence-corrected chi connectivity index (χ4v) is 1.90. The average Bonchev–Trinajstić information content (AvgIpc) is 2.39. The average molecular weight is 302 g/mol. The second-order valence-corrected chi connectivity index (χ2v) is 5.12. The van der Waals surface area contributed by atoms with Crippen LogP contribution >= 0.6 is 0 Å². The van der Waals surface area contributed by atoms with E-state index in [2.05, 4.69) is 0 Å². The quantitative estimate of drug-likeness (QED) is 0.402. The Hall–Kier alpha value is -1.18. The van der Waals surface area contributed by atoms with Crippen molar-refractivity contribution in [1.29, 1.82) is 0 Å². The molecule has 0 heterocycles. The fourth-order valence-electron chi connectivity index (χ4n) is 1.42. The summed E-state index contributed by atoms with van der Waals surface area (Å²) in [5.74, 6) is -0.346. The number of rotatable bonds is 3. The first-order valence-corrected chi connectivity index (χ1v) is 6.75. The number of ether oxygens (including phenoxy) is 1. The summed E-state index contributed by atoms with van der Waals surface area (Å²) in [6.07, 6.45) is 0. The van der Waals surface area contributed by atoms with Crippen LogP contribution in [-0.2, 0) is 10.1 Å². The molecule has 0 unspecified atom stereocenters. The van der Waals surface area contributed by atoms with Crippen LogP contribution in [0.5, 0.6) is 5.75 Å². The van der Waals surface area contributed by atoms with Crippen LogP contribution in [0.1, 0.15) is 10.4 Å². The summed E-state index contributed by atoms with van der Waals surface area (Å²) in [7, 11) is -4.24. The zero-order valence-corrected chi connectivity index (χ0v) is 10.5. The van der Waals surface area contributed by atoms with Gasteiger partial charge in [-0.3, -0.25) is 4.55 Å². The second kappa shape index (κ2) is 7.01. The van der Waals surface area contributed by atoms with E-state index < -0.39 is 16.1 Å². The molecule has 0 fully saturated rings. The molecule has 0 aliphatic rings. The van der Waals surface area contributed by atoms with Crippen LogP contribution in [0, 0.1) is 0 Å². The molecular formula is C13H11NaO5S. The third-order valence-corrected chi connectivity index (χ3v) is 3.21. The zero-order chi connectivity index (χ0) is 13.9. The third-order valence-electron chi connectivity index (χ3n) is 2.34. The van der Waals surface area contributed by atoms with Crippen molar-refractivity contribution in [2.45, 2.75) is 4.90 Å². The molecular weight excluding hydrogens is 291 g/mol. The van der Waals surface area contributed by atoms with Crippen LogP contribution in [0.3, 0.4) is 0 Å². The summed E-state index contributed by atoms with van der Waals surface area (Å²) < 4.78 is 35.5. The van der Waals surface area contributed by atoms with Crippen molar-refractivity contribution in [2.24, 2.45) is 0 Å². The van der Waals surface area contributed by atoms with Gasteiger partial charge >= 0.3 is 35.5 Å². The van der Waals surface area contributed by atoms with Crippen molar-refractivity contribution in [3.05, 3.63) is 60.2 Å². The summed E-state index contributed by atoms with van der Waals surface area (Å²) >= 11 is 0. The van der Waals surface area contributed by atoms with Crippen LogP contribution in [0.4, 0.5) is 0 Å². The molecule has 0 saturated heterocycles. The van der Waals surface area contributed by atoms with Crippen molar-refractivity contribution in [3.8, 4) is 5.75 Å². The van der Waals surface area contributed by atoms with Gasteiger partial charge in [0, 0.05) is 0 Å². The zero-order valence-electron chi connectivity index (χ0n) is 9.68. The van der Waals surface area contributed by atoms with Crippen molar-refractivity contribution < 1.29 is 22.5 Å². The molecule has 2 aromatic carbocycles. The molecule has 0 amide bonds. The number of benzene rings is 2. The predicted octanol–water partition coefficient (Wildman–Crippen LogP) is 1.50. The van der Waals surface area contributed by atoms with Gasteiger partial charge in [-0.15, -0.1) is 0 Å². The minimum absolute atomic E-state index is 0. The Bertz CT molecular complexity index is 680. The van der Waals surface area contributed by atoms with Crippen molar-refractivity contribution in [2.75, 3.05) is 0 Å². The molecule has 0 bridgehead atoms. The minimum atomic E-state index is -4.24. The van der Waals surface area contributed by atoms with E-state index in [0.29, 0.717) is 5.56 Å². The molecule has 1 N–H and O–H groups in total. The molecule has 2 rings (SSSR count). The van der Waals surface area contributed by atoms with Gasteiger partial charge in [0.1, 0.15) is 5.75 Å². The Kier molecular flexibility index (Phi) is 5.91. The molecule has 0 saturated carbocycles. The Morgan fingerprint density at radius 3 is 2.00 bits per heavy atom. The van der Waals surface area contributed by atoms with Crippen molar-refractivity contribution >= 4 is 45.6 Å². The Labute approximate surface area is 138 Å². The van der Waals surface area contributed by atoms with Gasteiger partial charge < -0.3 is 4.74 Å². The molecule has 0 radical (unpaired) electrons. The van der Waals surface area contributed by atoms with E-state index in [1.165, 1.54) is 12.1 Å². The van der Waals surface area contributed by atoms with Crippen molar-refractivity contribution in [1.82, 2.24) is 0 Å². The first kappa shape index (κ1) is 16.9. The topological polar surface area (TPSA) is 80.7 Å². The van der Waals surface area contributed by atoms with Crippen LogP contribution in [-0.4, -0.2) is 48.5 Å². The molecule has 7 heteroatoms. The van der Waals surface area contributed by atoms with Gasteiger partial charge in [0.2, 0.25) is 0 Å². The van der Waals surface area contributed by atoms with Crippen LogP contribution in [0.15, 0.2) is 59.5 Å². The van der Waals surface area contributed by atoms with Gasteiger partial charge in [-0.05, 0) is 36.4 Å². The van der Waals surface area contributed by atoms with Gasteiger partial charge in [0.15, 0.2) is 0 Å². The van der Waals surface area contributed by atoms with Crippen LogP contribution < -0.4 is 4.74 Å². The van der Waals surface area contributed by atoms with E-state index in [-0.39, 0.29) is 40.2 Å². The maximum atomic E-state index is 11.7. The normalized spacial score (nSPS) is 10.4. The van der Waals surface area contributed by atoms with E-state index in [0.717, 1.165) is 12.1 Å². The summed E-state index contributed by atoms with van der Waals surface area (Å²) in [5, 5.41) is 0. The van der Waals surface area contributed by atoms with E-state index in [9.17, 15) is 13.2 Å². The SMILES string of the molecule is O=C(Oc1ccc(S(=O)(=O)O)cc1)c1ccccc1.[NaH]. The third kappa shape index (κ3) is 4.43. The van der Waals surface area contributed by atoms with E-state index in [1.54, 1.807) is 30.3 Å². The fraction of sp³-hybridized carbons (Fsp3) is 0. The van der Waals surface area contributed by atoms with E-state index in [1.807, 2.05) is 0 Å². The predicted molar refractivity (Wildman–Crippen MR) is 74.8 cm³/mol. The number of carbonyl (C=O) groups is 1. The molecule has 0 atom stereocenters. The molecule has 20 heavy (non-hydrogen) atoms. The molecule has 0 aliphatic heterocycles. The number of hydrogen-bond acceptors (Lipinski definition) is 4. The van der Waals surface area contributed by atoms with Gasteiger partial charge in [-0.25, -0.2) is 4.79 Å². The van der Waals surface area contributed by atoms with Gasteiger partial charge in [-0.2, -0.15) is 8.42 Å². The van der Waals surface area contributed by atoms with Gasteiger partial charge in [0.25, 0.3) is 10.1 Å². The molecule has 0 aromatic heterocycles. The molecule has 0 aliphatic carbocycles. The number of hydrogen-bond donors (Lipinski definition) is 1. The summed E-state index contributed by atoms with van der Waals surface area (Å²) in [6.45, 7) is 0. The molecule has 2 aromatic rings. The van der Waals surface area contributed by atoms with Crippen molar-refractivity contribution in [3.63, 3.8) is 0 Å². The second-order valence-electron chi connectivity index (χ2n) is 3.70. The Balaban J connectivity index is 0.00000200. The standard InChI is InChI=1S/C13H10O5S.Na.H/c14-13(10-4-2-1-3-5-10)18-11-6-8-12(9-7-11)19(15,16)17;;/h1-9H,(H,15,16,17);;. The van der Waals surface area contributed by atoms with E-state index >= 15 is 0 Å². The van der Waals surface area contributed by atoms with E-state index in [4.69, 9.17) is 9.29 Å². The van der Waals surface area contributed by atoms with Crippen LogP contribution in [0.2, 0.25) is 0 Å². The monoisotopic (exact) mass is 302 g/mol. The first-order valence-electron chi connectivity index (χ1n) is 5.31. The Morgan fingerprint density at radius 2 is 1.50 bits per heavy atom. The summed E-state index contributed by atoms with van der Waals surface area (Å²) in [6, 6.07) is 13.3. The van der Waals surface area contributed by atoms with Gasteiger partial charge in [-0.1, -0.05) is 18.2 Å². The summed E-state index contributed by atoms with van der Waals surface area (Å²) in [5.41, 5.74) is 0.390.